The number of halogens is 1. The molecule has 0 aliphatic carbocycles. The molecule has 7 heteroatoms. The van der Waals surface area contributed by atoms with E-state index in [1.807, 2.05) is 19.1 Å². The van der Waals surface area contributed by atoms with E-state index in [2.05, 4.69) is 10.2 Å². The standard InChI is InChI=1S/C15H17ClN2O3S/c1-3-20-14(19)8-10(2)22-9-13-17-18-15(21-13)11-4-6-12(16)7-5-11/h4-7,10H,3,8-9H2,1-2H3/t10-/m0/s1. The van der Waals surface area contributed by atoms with Gasteiger partial charge in [0.1, 0.15) is 0 Å². The van der Waals surface area contributed by atoms with Crippen molar-refractivity contribution in [3.05, 3.63) is 35.2 Å². The Morgan fingerprint density at radius 1 is 1.36 bits per heavy atom. The van der Waals surface area contributed by atoms with Crippen LogP contribution in [0.25, 0.3) is 11.5 Å². The summed E-state index contributed by atoms with van der Waals surface area (Å²) in [7, 11) is 0. The van der Waals surface area contributed by atoms with Crippen molar-refractivity contribution in [3.8, 4) is 11.5 Å². The summed E-state index contributed by atoms with van der Waals surface area (Å²) in [5, 5.41) is 8.82. The summed E-state index contributed by atoms with van der Waals surface area (Å²) < 4.78 is 10.5. The van der Waals surface area contributed by atoms with Crippen molar-refractivity contribution < 1.29 is 13.9 Å². The normalized spacial score (nSPS) is 12.1. The van der Waals surface area contributed by atoms with E-state index in [-0.39, 0.29) is 11.2 Å². The first-order valence-corrected chi connectivity index (χ1v) is 8.36. The summed E-state index contributed by atoms with van der Waals surface area (Å²) in [6, 6.07) is 7.21. The van der Waals surface area contributed by atoms with Gasteiger partial charge in [-0.05, 0) is 31.2 Å². The summed E-state index contributed by atoms with van der Waals surface area (Å²) >= 11 is 7.42. The SMILES string of the molecule is CCOC(=O)C[C@H](C)SCc1nnc(-c2ccc(Cl)cc2)o1. The molecule has 0 spiro atoms. The van der Waals surface area contributed by atoms with Crippen LogP contribution in [0.5, 0.6) is 0 Å². The van der Waals surface area contributed by atoms with Crippen LogP contribution in [0.3, 0.4) is 0 Å². The molecule has 1 aromatic heterocycles. The van der Waals surface area contributed by atoms with E-state index in [1.165, 1.54) is 0 Å². The number of carbonyl (C=O) groups is 1. The third-order valence-corrected chi connectivity index (χ3v) is 4.21. The monoisotopic (exact) mass is 340 g/mol. The average Bonchev–Trinajstić information content (AvgIpc) is 2.95. The number of hydrogen-bond donors (Lipinski definition) is 0. The summed E-state index contributed by atoms with van der Waals surface area (Å²) in [6.07, 6.45) is 0.372. The molecular formula is C15H17ClN2O3S. The first-order chi connectivity index (χ1) is 10.6. The third kappa shape index (κ3) is 5.03. The first kappa shape index (κ1) is 16.8. The fourth-order valence-corrected chi connectivity index (χ4v) is 2.67. The van der Waals surface area contributed by atoms with Gasteiger partial charge in [-0.1, -0.05) is 18.5 Å². The highest BCUT2D eigenvalue weighted by Gasteiger charge is 2.13. The summed E-state index contributed by atoms with van der Waals surface area (Å²) in [5.74, 6) is 1.37. The van der Waals surface area contributed by atoms with E-state index < -0.39 is 0 Å². The third-order valence-electron chi connectivity index (χ3n) is 2.81. The minimum absolute atomic E-state index is 0.130. The van der Waals surface area contributed by atoms with Gasteiger partial charge in [0.2, 0.25) is 11.8 Å². The lowest BCUT2D eigenvalue weighted by Gasteiger charge is -2.08. The van der Waals surface area contributed by atoms with E-state index >= 15 is 0 Å². The highest BCUT2D eigenvalue weighted by Crippen LogP contribution is 2.24. The maximum atomic E-state index is 11.4. The van der Waals surface area contributed by atoms with Crippen molar-refractivity contribution in [2.75, 3.05) is 6.61 Å². The Bertz CT molecular complexity index is 616. The van der Waals surface area contributed by atoms with Crippen molar-refractivity contribution in [1.29, 1.82) is 0 Å². The molecule has 0 bridgehead atoms. The molecule has 0 fully saturated rings. The van der Waals surface area contributed by atoms with Crippen LogP contribution in [0.15, 0.2) is 28.7 Å². The second-order valence-electron chi connectivity index (χ2n) is 4.64. The molecule has 0 unspecified atom stereocenters. The quantitative estimate of drug-likeness (QED) is 0.711. The summed E-state index contributed by atoms with van der Waals surface area (Å²) in [6.45, 7) is 4.18. The molecule has 0 saturated heterocycles. The van der Waals surface area contributed by atoms with E-state index in [4.69, 9.17) is 20.8 Å². The number of nitrogens with zero attached hydrogens (tertiary/aromatic N) is 2. The van der Waals surface area contributed by atoms with Crippen LogP contribution in [-0.4, -0.2) is 28.0 Å². The number of ether oxygens (including phenoxy) is 1. The zero-order chi connectivity index (χ0) is 15.9. The number of benzene rings is 1. The zero-order valence-electron chi connectivity index (χ0n) is 12.4. The Balaban J connectivity index is 1.87. The van der Waals surface area contributed by atoms with E-state index in [0.717, 1.165) is 5.56 Å². The number of hydrogen-bond acceptors (Lipinski definition) is 6. The van der Waals surface area contributed by atoms with Crippen LogP contribution in [-0.2, 0) is 15.3 Å². The molecule has 1 heterocycles. The molecule has 0 N–H and O–H groups in total. The van der Waals surface area contributed by atoms with Gasteiger partial charge < -0.3 is 9.15 Å². The Labute approximate surface area is 138 Å². The topological polar surface area (TPSA) is 65.2 Å². The van der Waals surface area contributed by atoms with Crippen LogP contribution in [0, 0.1) is 0 Å². The van der Waals surface area contributed by atoms with Crippen molar-refractivity contribution in [2.45, 2.75) is 31.3 Å². The molecule has 118 valence electrons. The van der Waals surface area contributed by atoms with Crippen molar-refractivity contribution in [3.63, 3.8) is 0 Å². The van der Waals surface area contributed by atoms with Gasteiger partial charge in [0.05, 0.1) is 18.8 Å². The fourth-order valence-electron chi connectivity index (χ4n) is 1.75. The second-order valence-corrected chi connectivity index (χ2v) is 6.50. The van der Waals surface area contributed by atoms with Gasteiger partial charge in [-0.2, -0.15) is 0 Å². The van der Waals surface area contributed by atoms with Crippen molar-refractivity contribution in [2.24, 2.45) is 0 Å². The molecule has 22 heavy (non-hydrogen) atoms. The smallest absolute Gasteiger partial charge is 0.306 e. The molecule has 0 saturated carbocycles. The minimum Gasteiger partial charge on any atom is -0.466 e. The highest BCUT2D eigenvalue weighted by molar-refractivity contribution is 7.99. The molecule has 5 nitrogen and oxygen atoms in total. The molecule has 0 radical (unpaired) electrons. The van der Waals surface area contributed by atoms with Crippen LogP contribution in [0.2, 0.25) is 5.02 Å². The van der Waals surface area contributed by atoms with Crippen molar-refractivity contribution >= 4 is 29.3 Å². The Kier molecular flexibility index (Phi) is 6.27. The van der Waals surface area contributed by atoms with Crippen LogP contribution in [0.4, 0.5) is 0 Å². The predicted molar refractivity (Wildman–Crippen MR) is 86.8 cm³/mol. The molecule has 2 aromatic rings. The summed E-state index contributed by atoms with van der Waals surface area (Å²) in [5.41, 5.74) is 0.827. The molecular weight excluding hydrogens is 324 g/mol. The molecule has 0 aliphatic heterocycles. The highest BCUT2D eigenvalue weighted by atomic mass is 35.5. The Hall–Kier alpha value is -1.53. The Morgan fingerprint density at radius 3 is 2.77 bits per heavy atom. The van der Waals surface area contributed by atoms with Crippen molar-refractivity contribution in [1.82, 2.24) is 10.2 Å². The minimum atomic E-state index is -0.185. The lowest BCUT2D eigenvalue weighted by Crippen LogP contribution is -2.10. The van der Waals surface area contributed by atoms with Crippen LogP contribution >= 0.6 is 23.4 Å². The number of carbonyl (C=O) groups excluding carboxylic acids is 1. The lowest BCUT2D eigenvalue weighted by molar-refractivity contribution is -0.142. The van der Waals surface area contributed by atoms with Crippen LogP contribution < -0.4 is 0 Å². The summed E-state index contributed by atoms with van der Waals surface area (Å²) in [4.78, 5) is 11.4. The van der Waals surface area contributed by atoms with E-state index in [9.17, 15) is 4.79 Å². The van der Waals surface area contributed by atoms with E-state index in [0.29, 0.717) is 35.6 Å². The molecule has 0 aliphatic rings. The van der Waals surface area contributed by atoms with Crippen LogP contribution in [0.1, 0.15) is 26.2 Å². The van der Waals surface area contributed by atoms with Gasteiger partial charge in [-0.15, -0.1) is 22.0 Å². The molecule has 0 amide bonds. The van der Waals surface area contributed by atoms with Gasteiger partial charge in [0.15, 0.2) is 0 Å². The van der Waals surface area contributed by atoms with E-state index in [1.54, 1.807) is 30.8 Å². The fraction of sp³-hybridized carbons (Fsp3) is 0.400. The largest absolute Gasteiger partial charge is 0.466 e. The average molecular weight is 341 g/mol. The number of rotatable bonds is 7. The molecule has 2 rings (SSSR count). The second kappa shape index (κ2) is 8.19. The van der Waals surface area contributed by atoms with Gasteiger partial charge in [0, 0.05) is 15.8 Å². The first-order valence-electron chi connectivity index (χ1n) is 6.94. The lowest BCUT2D eigenvalue weighted by atomic mass is 10.2. The number of aromatic nitrogens is 2. The van der Waals surface area contributed by atoms with Gasteiger partial charge in [-0.3, -0.25) is 4.79 Å². The number of esters is 1. The maximum absolute atomic E-state index is 11.4. The Morgan fingerprint density at radius 2 is 2.09 bits per heavy atom. The van der Waals surface area contributed by atoms with Gasteiger partial charge in [0.25, 0.3) is 0 Å². The predicted octanol–water partition coefficient (Wildman–Crippen LogP) is 3.96. The number of thioether (sulfide) groups is 1. The maximum Gasteiger partial charge on any atom is 0.306 e. The molecule has 1 aromatic carbocycles. The van der Waals surface area contributed by atoms with Gasteiger partial charge in [-0.25, -0.2) is 0 Å². The molecule has 1 atom stereocenters. The zero-order valence-corrected chi connectivity index (χ0v) is 14.0. The van der Waals surface area contributed by atoms with Gasteiger partial charge >= 0.3 is 5.97 Å².